The summed E-state index contributed by atoms with van der Waals surface area (Å²) < 4.78 is 14.6. The Morgan fingerprint density at radius 1 is 0.889 bits per heavy atom. The second-order valence-corrected chi connectivity index (χ2v) is 8.35. The maximum atomic E-state index is 14.6. The van der Waals surface area contributed by atoms with Gasteiger partial charge in [0.1, 0.15) is 18.0 Å². The van der Waals surface area contributed by atoms with Crippen LogP contribution in [0.3, 0.4) is 0 Å². The van der Waals surface area contributed by atoms with Gasteiger partial charge < -0.3 is 10.6 Å². The van der Waals surface area contributed by atoms with Crippen LogP contribution in [0.2, 0.25) is 0 Å². The largest absolute Gasteiger partial charge is 0.365 e. The second-order valence-electron chi connectivity index (χ2n) is 8.35. The smallest absolute Gasteiger partial charge is 0.252 e. The highest BCUT2D eigenvalue weighted by Gasteiger charge is 2.10. The van der Waals surface area contributed by atoms with E-state index in [9.17, 15) is 9.18 Å². The summed E-state index contributed by atoms with van der Waals surface area (Å²) >= 11 is 0. The molecule has 1 amide bonds. The Balaban J connectivity index is 1.34. The Kier molecular flexibility index (Phi) is 6.89. The van der Waals surface area contributed by atoms with Crippen LogP contribution >= 0.6 is 0 Å². The van der Waals surface area contributed by atoms with E-state index in [0.29, 0.717) is 30.6 Å². The normalized spacial score (nSPS) is 10.8. The highest BCUT2D eigenvalue weighted by atomic mass is 19.1. The van der Waals surface area contributed by atoms with Gasteiger partial charge in [-0.1, -0.05) is 42.5 Å². The third-order valence-corrected chi connectivity index (χ3v) is 5.92. The molecule has 5 rings (SSSR count). The molecule has 7 heteroatoms. The molecular weight excluding hydrogens is 453 g/mol. The number of hydrogen-bond acceptors (Lipinski definition) is 5. The molecule has 0 fully saturated rings. The first-order chi connectivity index (χ1) is 17.7. The number of nitrogens with one attached hydrogen (secondary N) is 2. The first-order valence-corrected chi connectivity index (χ1v) is 11.7. The quantitative estimate of drug-likeness (QED) is 0.312. The van der Waals surface area contributed by atoms with Crippen molar-refractivity contribution in [2.45, 2.75) is 13.0 Å². The van der Waals surface area contributed by atoms with Crippen LogP contribution in [0, 0.1) is 5.82 Å². The van der Waals surface area contributed by atoms with E-state index in [4.69, 9.17) is 0 Å². The van der Waals surface area contributed by atoms with Crippen LogP contribution in [-0.2, 0) is 13.0 Å². The Hall–Kier alpha value is -4.65. The lowest BCUT2D eigenvalue weighted by Gasteiger charge is -2.11. The predicted molar refractivity (Wildman–Crippen MR) is 139 cm³/mol. The van der Waals surface area contributed by atoms with E-state index in [1.165, 1.54) is 12.3 Å². The topological polar surface area (TPSA) is 79.8 Å². The number of amides is 1. The molecule has 3 aromatic carbocycles. The average molecular weight is 478 g/mol. The molecule has 5 aromatic rings. The van der Waals surface area contributed by atoms with Crippen LogP contribution < -0.4 is 10.6 Å². The van der Waals surface area contributed by atoms with Gasteiger partial charge in [0.05, 0.1) is 11.1 Å². The predicted octanol–water partition coefficient (Wildman–Crippen LogP) is 5.42. The summed E-state index contributed by atoms with van der Waals surface area (Å²) in [5.41, 5.74) is 4.79. The highest BCUT2D eigenvalue weighted by Crippen LogP contribution is 2.28. The molecule has 0 aliphatic heterocycles. The molecule has 0 spiro atoms. The van der Waals surface area contributed by atoms with Crippen molar-refractivity contribution >= 4 is 22.6 Å². The molecule has 0 aliphatic rings. The van der Waals surface area contributed by atoms with E-state index >= 15 is 0 Å². The third-order valence-electron chi connectivity index (χ3n) is 5.92. The summed E-state index contributed by atoms with van der Waals surface area (Å²) in [5.74, 6) is 0.208. The number of hydrogen-bond donors (Lipinski definition) is 2. The molecule has 2 N–H and O–H groups in total. The molecule has 36 heavy (non-hydrogen) atoms. The zero-order valence-corrected chi connectivity index (χ0v) is 19.5. The van der Waals surface area contributed by atoms with Gasteiger partial charge in [-0.05, 0) is 65.1 Å². The monoisotopic (exact) mass is 477 g/mol. The van der Waals surface area contributed by atoms with Gasteiger partial charge in [-0.3, -0.25) is 9.78 Å². The summed E-state index contributed by atoms with van der Waals surface area (Å²) in [4.78, 5) is 25.0. The summed E-state index contributed by atoms with van der Waals surface area (Å²) in [6.07, 6.45) is 5.03. The van der Waals surface area contributed by atoms with Gasteiger partial charge in [-0.25, -0.2) is 14.4 Å². The molecule has 0 aliphatic carbocycles. The summed E-state index contributed by atoms with van der Waals surface area (Å²) in [5, 5.41) is 7.11. The van der Waals surface area contributed by atoms with Crippen molar-refractivity contribution in [3.63, 3.8) is 0 Å². The van der Waals surface area contributed by atoms with E-state index in [1.54, 1.807) is 30.7 Å². The minimum Gasteiger partial charge on any atom is -0.365 e. The molecular formula is C29H24FN5O. The maximum absolute atomic E-state index is 14.6. The van der Waals surface area contributed by atoms with E-state index in [0.717, 1.165) is 33.4 Å². The fraction of sp³-hybridized carbons (Fsp3) is 0.103. The molecule has 0 saturated carbocycles. The Morgan fingerprint density at radius 2 is 1.72 bits per heavy atom. The van der Waals surface area contributed by atoms with Crippen molar-refractivity contribution < 1.29 is 9.18 Å². The van der Waals surface area contributed by atoms with Crippen LogP contribution in [0.1, 0.15) is 21.5 Å². The number of aromatic nitrogens is 3. The number of rotatable bonds is 8. The molecule has 2 aromatic heterocycles. The van der Waals surface area contributed by atoms with Crippen molar-refractivity contribution in [3.05, 3.63) is 120 Å². The van der Waals surface area contributed by atoms with Crippen LogP contribution in [0.4, 0.5) is 10.2 Å². The lowest BCUT2D eigenvalue weighted by molar-refractivity contribution is 0.0953. The van der Waals surface area contributed by atoms with Gasteiger partial charge in [0.25, 0.3) is 5.91 Å². The van der Waals surface area contributed by atoms with E-state index in [-0.39, 0.29) is 11.7 Å². The number of pyridine rings is 1. The number of fused-ring (bicyclic) bond motifs is 1. The summed E-state index contributed by atoms with van der Waals surface area (Å²) in [7, 11) is 0. The molecule has 0 bridgehead atoms. The first-order valence-electron chi connectivity index (χ1n) is 11.7. The van der Waals surface area contributed by atoms with Crippen LogP contribution in [0.25, 0.3) is 22.0 Å². The summed E-state index contributed by atoms with van der Waals surface area (Å²) in [6, 6.07) is 24.5. The van der Waals surface area contributed by atoms with E-state index in [2.05, 4.69) is 37.7 Å². The minimum atomic E-state index is -0.302. The van der Waals surface area contributed by atoms with Gasteiger partial charge in [0, 0.05) is 30.9 Å². The number of nitrogens with zero attached hydrogens (tertiary/aromatic N) is 3. The summed E-state index contributed by atoms with van der Waals surface area (Å²) in [6.45, 7) is 0.954. The van der Waals surface area contributed by atoms with Gasteiger partial charge in [-0.15, -0.1) is 0 Å². The maximum Gasteiger partial charge on any atom is 0.252 e. The van der Waals surface area contributed by atoms with Crippen molar-refractivity contribution in [1.29, 1.82) is 0 Å². The molecule has 178 valence electrons. The molecule has 6 nitrogen and oxygen atoms in total. The fourth-order valence-corrected chi connectivity index (χ4v) is 4.01. The zero-order valence-electron chi connectivity index (χ0n) is 19.5. The van der Waals surface area contributed by atoms with E-state index < -0.39 is 0 Å². The molecule has 0 radical (unpaired) electrons. The van der Waals surface area contributed by atoms with Gasteiger partial charge in [0.15, 0.2) is 0 Å². The van der Waals surface area contributed by atoms with Crippen LogP contribution in [-0.4, -0.2) is 27.4 Å². The van der Waals surface area contributed by atoms with Gasteiger partial charge in [0.2, 0.25) is 0 Å². The Bertz CT molecular complexity index is 1490. The standard InChI is InChI=1S/C29H24FN5O/c30-26-10-8-21(15-23(26)12-14-32-29(36)24-7-4-13-31-18-24)22-9-11-27-25(16-22)28(35-19-34-27)33-17-20-5-2-1-3-6-20/h1-11,13,15-16,18-19H,12,14,17H2,(H,32,36)(H,33,34,35). The van der Waals surface area contributed by atoms with Crippen molar-refractivity contribution in [1.82, 2.24) is 20.3 Å². The Morgan fingerprint density at radius 3 is 2.56 bits per heavy atom. The number of halogens is 1. The fourth-order valence-electron chi connectivity index (χ4n) is 4.01. The van der Waals surface area contributed by atoms with Crippen molar-refractivity contribution in [2.75, 3.05) is 11.9 Å². The average Bonchev–Trinajstić information content (AvgIpc) is 2.93. The second kappa shape index (κ2) is 10.7. The van der Waals surface area contributed by atoms with E-state index in [1.807, 2.05) is 42.5 Å². The minimum absolute atomic E-state index is 0.232. The van der Waals surface area contributed by atoms with Crippen molar-refractivity contribution in [3.8, 4) is 11.1 Å². The van der Waals surface area contributed by atoms with Crippen LogP contribution in [0.15, 0.2) is 97.6 Å². The molecule has 0 unspecified atom stereocenters. The zero-order chi connectivity index (χ0) is 24.7. The molecule has 0 atom stereocenters. The molecule has 2 heterocycles. The van der Waals surface area contributed by atoms with Gasteiger partial charge in [-0.2, -0.15) is 0 Å². The Labute approximate surface area is 208 Å². The SMILES string of the molecule is O=C(NCCc1cc(-c2ccc3ncnc(NCc4ccccc4)c3c2)ccc1F)c1cccnc1. The number of benzene rings is 3. The van der Waals surface area contributed by atoms with Crippen molar-refractivity contribution in [2.24, 2.45) is 0 Å². The molecule has 0 saturated heterocycles. The van der Waals surface area contributed by atoms with Crippen LogP contribution in [0.5, 0.6) is 0 Å². The highest BCUT2D eigenvalue weighted by molar-refractivity contribution is 5.94. The lowest BCUT2D eigenvalue weighted by atomic mass is 9.99. The lowest BCUT2D eigenvalue weighted by Crippen LogP contribution is -2.25. The number of anilines is 1. The third kappa shape index (κ3) is 5.36. The first kappa shape index (κ1) is 23.1. The number of carbonyl (C=O) groups excluding carboxylic acids is 1. The van der Waals surface area contributed by atoms with Gasteiger partial charge >= 0.3 is 0 Å². The number of carbonyl (C=O) groups is 1.